The SMILES string of the molecule is CC(C)C(CCl)Cc1cccc(F)c1F. The van der Waals surface area contributed by atoms with Gasteiger partial charge in [0.2, 0.25) is 0 Å². The van der Waals surface area contributed by atoms with Crippen molar-refractivity contribution in [1.82, 2.24) is 0 Å². The minimum Gasteiger partial charge on any atom is -0.204 e. The first-order chi connectivity index (χ1) is 7.06. The maximum absolute atomic E-state index is 13.3. The van der Waals surface area contributed by atoms with Gasteiger partial charge in [-0.1, -0.05) is 26.0 Å². The van der Waals surface area contributed by atoms with Crippen LogP contribution in [0.4, 0.5) is 8.78 Å². The van der Waals surface area contributed by atoms with Crippen molar-refractivity contribution in [3.8, 4) is 0 Å². The minimum absolute atomic E-state index is 0.183. The molecule has 0 aliphatic rings. The van der Waals surface area contributed by atoms with Crippen LogP contribution in [0.1, 0.15) is 19.4 Å². The smallest absolute Gasteiger partial charge is 0.162 e. The van der Waals surface area contributed by atoms with E-state index in [-0.39, 0.29) is 5.92 Å². The molecule has 0 bridgehead atoms. The van der Waals surface area contributed by atoms with E-state index in [0.29, 0.717) is 23.8 Å². The maximum atomic E-state index is 13.3. The molecule has 1 aromatic carbocycles. The Morgan fingerprint density at radius 2 is 1.93 bits per heavy atom. The number of halogens is 3. The van der Waals surface area contributed by atoms with Gasteiger partial charge in [0, 0.05) is 5.88 Å². The van der Waals surface area contributed by atoms with Crippen molar-refractivity contribution >= 4 is 11.6 Å². The van der Waals surface area contributed by atoms with Crippen LogP contribution in [0.2, 0.25) is 0 Å². The number of hydrogen-bond acceptors (Lipinski definition) is 0. The van der Waals surface area contributed by atoms with E-state index < -0.39 is 11.6 Å². The molecule has 0 spiro atoms. The summed E-state index contributed by atoms with van der Waals surface area (Å²) in [5, 5.41) is 0. The summed E-state index contributed by atoms with van der Waals surface area (Å²) in [7, 11) is 0. The Labute approximate surface area is 94.3 Å². The van der Waals surface area contributed by atoms with Crippen molar-refractivity contribution in [2.45, 2.75) is 20.3 Å². The van der Waals surface area contributed by atoms with Gasteiger partial charge in [0.15, 0.2) is 11.6 Å². The average molecular weight is 233 g/mol. The molecule has 3 heteroatoms. The lowest BCUT2D eigenvalue weighted by Crippen LogP contribution is -2.14. The maximum Gasteiger partial charge on any atom is 0.162 e. The van der Waals surface area contributed by atoms with Gasteiger partial charge in [0.05, 0.1) is 0 Å². The van der Waals surface area contributed by atoms with Crippen LogP contribution in [0.3, 0.4) is 0 Å². The van der Waals surface area contributed by atoms with Gasteiger partial charge in [-0.25, -0.2) is 8.78 Å². The molecular formula is C12H15ClF2. The Morgan fingerprint density at radius 3 is 2.47 bits per heavy atom. The summed E-state index contributed by atoms with van der Waals surface area (Å²) in [4.78, 5) is 0. The van der Waals surface area contributed by atoms with Crippen LogP contribution in [-0.4, -0.2) is 5.88 Å². The molecule has 0 N–H and O–H groups in total. The number of rotatable bonds is 4. The first-order valence-electron chi connectivity index (χ1n) is 5.05. The third-order valence-electron chi connectivity index (χ3n) is 2.65. The summed E-state index contributed by atoms with van der Waals surface area (Å²) in [6, 6.07) is 4.27. The summed E-state index contributed by atoms with van der Waals surface area (Å²) >= 11 is 5.79. The highest BCUT2D eigenvalue weighted by atomic mass is 35.5. The van der Waals surface area contributed by atoms with Gasteiger partial charge in [-0.15, -0.1) is 11.6 Å². The Morgan fingerprint density at radius 1 is 1.27 bits per heavy atom. The number of alkyl halides is 1. The van der Waals surface area contributed by atoms with Crippen LogP contribution in [0, 0.1) is 23.5 Å². The van der Waals surface area contributed by atoms with Crippen LogP contribution < -0.4 is 0 Å². The lowest BCUT2D eigenvalue weighted by atomic mass is 9.90. The Kier molecular flexibility index (Phi) is 4.52. The summed E-state index contributed by atoms with van der Waals surface area (Å²) in [5.41, 5.74) is 0.411. The summed E-state index contributed by atoms with van der Waals surface area (Å²) in [5.74, 6) is -0.515. The van der Waals surface area contributed by atoms with Gasteiger partial charge in [-0.2, -0.15) is 0 Å². The molecule has 0 aliphatic heterocycles. The highest BCUT2D eigenvalue weighted by Gasteiger charge is 2.16. The normalized spacial score (nSPS) is 13.2. The van der Waals surface area contributed by atoms with Gasteiger partial charge in [0.1, 0.15) is 0 Å². The molecule has 0 nitrogen and oxygen atoms in total. The van der Waals surface area contributed by atoms with Crippen LogP contribution in [0.15, 0.2) is 18.2 Å². The first kappa shape index (κ1) is 12.4. The second kappa shape index (κ2) is 5.45. The Balaban J connectivity index is 2.84. The van der Waals surface area contributed by atoms with Crippen molar-refractivity contribution < 1.29 is 8.78 Å². The third kappa shape index (κ3) is 3.16. The Bertz CT molecular complexity index is 323. The molecule has 0 saturated carbocycles. The van der Waals surface area contributed by atoms with E-state index in [9.17, 15) is 8.78 Å². The molecule has 1 rings (SSSR count). The first-order valence-corrected chi connectivity index (χ1v) is 5.58. The van der Waals surface area contributed by atoms with E-state index >= 15 is 0 Å². The predicted molar refractivity (Wildman–Crippen MR) is 59.1 cm³/mol. The molecule has 0 aliphatic carbocycles. The van der Waals surface area contributed by atoms with Crippen LogP contribution in [0.25, 0.3) is 0 Å². The molecule has 15 heavy (non-hydrogen) atoms. The van der Waals surface area contributed by atoms with Crippen LogP contribution in [-0.2, 0) is 6.42 Å². The van der Waals surface area contributed by atoms with Gasteiger partial charge in [-0.05, 0) is 29.9 Å². The average Bonchev–Trinajstić information content (AvgIpc) is 2.19. The highest BCUT2D eigenvalue weighted by Crippen LogP contribution is 2.21. The molecule has 0 aromatic heterocycles. The van der Waals surface area contributed by atoms with Crippen molar-refractivity contribution in [3.05, 3.63) is 35.4 Å². The van der Waals surface area contributed by atoms with Gasteiger partial charge in [-0.3, -0.25) is 0 Å². The quantitative estimate of drug-likeness (QED) is 0.688. The summed E-state index contributed by atoms with van der Waals surface area (Å²) in [6.45, 7) is 4.06. The molecule has 0 radical (unpaired) electrons. The molecule has 84 valence electrons. The van der Waals surface area contributed by atoms with E-state index in [0.717, 1.165) is 6.07 Å². The van der Waals surface area contributed by atoms with E-state index in [4.69, 9.17) is 11.6 Å². The van der Waals surface area contributed by atoms with E-state index in [1.165, 1.54) is 6.07 Å². The molecule has 1 aromatic rings. The monoisotopic (exact) mass is 232 g/mol. The van der Waals surface area contributed by atoms with Crippen molar-refractivity contribution in [2.75, 3.05) is 5.88 Å². The van der Waals surface area contributed by atoms with Gasteiger partial charge < -0.3 is 0 Å². The fourth-order valence-corrected chi connectivity index (χ4v) is 1.92. The zero-order valence-electron chi connectivity index (χ0n) is 8.93. The topological polar surface area (TPSA) is 0 Å². The highest BCUT2D eigenvalue weighted by molar-refractivity contribution is 6.18. The fraction of sp³-hybridized carbons (Fsp3) is 0.500. The summed E-state index contributed by atoms with van der Waals surface area (Å²) < 4.78 is 26.3. The second-order valence-electron chi connectivity index (χ2n) is 4.08. The van der Waals surface area contributed by atoms with Crippen molar-refractivity contribution in [3.63, 3.8) is 0 Å². The van der Waals surface area contributed by atoms with Gasteiger partial charge >= 0.3 is 0 Å². The number of benzene rings is 1. The summed E-state index contributed by atoms with van der Waals surface area (Å²) in [6.07, 6.45) is 0.491. The molecule has 1 unspecified atom stereocenters. The fourth-order valence-electron chi connectivity index (χ4n) is 1.46. The molecule has 0 amide bonds. The van der Waals surface area contributed by atoms with E-state index in [1.807, 2.05) is 13.8 Å². The standard InChI is InChI=1S/C12H15ClF2/c1-8(2)10(7-13)6-9-4-3-5-11(14)12(9)15/h3-5,8,10H,6-7H2,1-2H3. The van der Waals surface area contributed by atoms with E-state index in [2.05, 4.69) is 0 Å². The largest absolute Gasteiger partial charge is 0.204 e. The lowest BCUT2D eigenvalue weighted by molar-refractivity contribution is 0.409. The van der Waals surface area contributed by atoms with Crippen LogP contribution in [0.5, 0.6) is 0 Å². The molecular weight excluding hydrogens is 218 g/mol. The zero-order valence-corrected chi connectivity index (χ0v) is 9.69. The Hall–Kier alpha value is -0.630. The second-order valence-corrected chi connectivity index (χ2v) is 4.38. The molecule has 0 saturated heterocycles. The number of hydrogen-bond donors (Lipinski definition) is 0. The molecule has 1 atom stereocenters. The molecule has 0 heterocycles. The van der Waals surface area contributed by atoms with Crippen molar-refractivity contribution in [1.29, 1.82) is 0 Å². The predicted octanol–water partition coefficient (Wildman–Crippen LogP) is 4.02. The zero-order chi connectivity index (χ0) is 11.4. The van der Waals surface area contributed by atoms with Crippen molar-refractivity contribution in [2.24, 2.45) is 11.8 Å². The minimum atomic E-state index is -0.787. The third-order valence-corrected chi connectivity index (χ3v) is 3.05. The van der Waals surface area contributed by atoms with E-state index in [1.54, 1.807) is 6.07 Å². The molecule has 0 fully saturated rings. The van der Waals surface area contributed by atoms with Crippen LogP contribution >= 0.6 is 11.6 Å². The lowest BCUT2D eigenvalue weighted by Gasteiger charge is -2.18. The van der Waals surface area contributed by atoms with Gasteiger partial charge in [0.25, 0.3) is 0 Å².